The van der Waals surface area contributed by atoms with Gasteiger partial charge in [0, 0.05) is 18.6 Å². The molecule has 4 heteroatoms. The largest absolute Gasteiger partial charge is 0.273 e. The van der Waals surface area contributed by atoms with Crippen LogP contribution in [-0.2, 0) is 9.59 Å². The van der Waals surface area contributed by atoms with Crippen LogP contribution in [0.2, 0.25) is 0 Å². The van der Waals surface area contributed by atoms with E-state index < -0.39 is 0 Å². The summed E-state index contributed by atoms with van der Waals surface area (Å²) in [5, 5.41) is 0. The normalized spacial score (nSPS) is 15.3. The molecule has 0 aromatic carbocycles. The number of nitrogens with zero attached hydrogens (tertiary/aromatic N) is 1. The summed E-state index contributed by atoms with van der Waals surface area (Å²) in [6.07, 6.45) is 14.0. The summed E-state index contributed by atoms with van der Waals surface area (Å²) >= 11 is 1.41. The first-order valence-corrected chi connectivity index (χ1v) is 9.18. The number of amides is 2. The Labute approximate surface area is 128 Å². The van der Waals surface area contributed by atoms with Crippen LogP contribution in [0, 0.1) is 0 Å². The maximum atomic E-state index is 11.4. The summed E-state index contributed by atoms with van der Waals surface area (Å²) < 4.78 is 1.37. The molecule has 1 aliphatic heterocycles. The third-order valence-electron chi connectivity index (χ3n) is 3.72. The predicted molar refractivity (Wildman–Crippen MR) is 85.4 cm³/mol. The molecule has 0 spiro atoms. The van der Waals surface area contributed by atoms with Crippen molar-refractivity contribution in [3.63, 3.8) is 0 Å². The van der Waals surface area contributed by atoms with Crippen LogP contribution in [0.4, 0.5) is 0 Å². The minimum Gasteiger partial charge on any atom is -0.273 e. The summed E-state index contributed by atoms with van der Waals surface area (Å²) in [7, 11) is 0. The molecule has 0 aromatic heterocycles. The van der Waals surface area contributed by atoms with Crippen molar-refractivity contribution in [2.45, 2.75) is 84.0 Å². The molecule has 1 fully saturated rings. The Bertz CT molecular complexity index is 278. The van der Waals surface area contributed by atoms with Gasteiger partial charge in [-0.2, -0.15) is 0 Å². The third kappa shape index (κ3) is 7.32. The number of hydrogen-bond donors (Lipinski definition) is 0. The Morgan fingerprint density at radius 1 is 0.800 bits per heavy atom. The molecule has 0 atom stereocenters. The second kappa shape index (κ2) is 11.2. The summed E-state index contributed by atoms with van der Waals surface area (Å²) in [6.45, 7) is 2.25. The van der Waals surface area contributed by atoms with Crippen molar-refractivity contribution >= 4 is 23.8 Å². The van der Waals surface area contributed by atoms with Gasteiger partial charge in [-0.25, -0.2) is 4.31 Å². The van der Waals surface area contributed by atoms with Crippen molar-refractivity contribution < 1.29 is 9.59 Å². The second-order valence-corrected chi connectivity index (χ2v) is 6.63. The molecule has 0 N–H and O–H groups in total. The molecule has 3 nitrogen and oxygen atoms in total. The lowest BCUT2D eigenvalue weighted by Crippen LogP contribution is -2.21. The summed E-state index contributed by atoms with van der Waals surface area (Å²) in [6, 6.07) is 0. The quantitative estimate of drug-likeness (QED) is 0.298. The minimum atomic E-state index is -0.00733. The van der Waals surface area contributed by atoms with Gasteiger partial charge in [0.15, 0.2) is 0 Å². The number of rotatable bonds is 12. The molecule has 1 rings (SSSR count). The van der Waals surface area contributed by atoms with Crippen molar-refractivity contribution in [1.29, 1.82) is 0 Å². The van der Waals surface area contributed by atoms with Crippen LogP contribution in [0.3, 0.4) is 0 Å². The zero-order valence-electron chi connectivity index (χ0n) is 12.9. The van der Waals surface area contributed by atoms with E-state index in [0.29, 0.717) is 12.8 Å². The van der Waals surface area contributed by atoms with Crippen molar-refractivity contribution in [3.8, 4) is 0 Å². The second-order valence-electron chi connectivity index (χ2n) is 5.60. The fourth-order valence-electron chi connectivity index (χ4n) is 2.45. The average Bonchev–Trinajstić information content (AvgIpc) is 2.76. The van der Waals surface area contributed by atoms with E-state index in [0.717, 1.165) is 12.2 Å². The van der Waals surface area contributed by atoms with Crippen LogP contribution in [0.1, 0.15) is 84.0 Å². The molecule has 116 valence electrons. The van der Waals surface area contributed by atoms with Gasteiger partial charge in [-0.15, -0.1) is 0 Å². The highest BCUT2D eigenvalue weighted by molar-refractivity contribution is 7.98. The van der Waals surface area contributed by atoms with Crippen LogP contribution in [0.5, 0.6) is 0 Å². The van der Waals surface area contributed by atoms with Gasteiger partial charge in [-0.1, -0.05) is 64.7 Å². The molecule has 0 aromatic rings. The maximum absolute atomic E-state index is 11.4. The summed E-state index contributed by atoms with van der Waals surface area (Å²) in [5.74, 6) is 0.882. The predicted octanol–water partition coefficient (Wildman–Crippen LogP) is 4.70. The van der Waals surface area contributed by atoms with Crippen LogP contribution >= 0.6 is 11.9 Å². The van der Waals surface area contributed by atoms with Crippen molar-refractivity contribution in [2.75, 3.05) is 5.75 Å². The van der Waals surface area contributed by atoms with E-state index >= 15 is 0 Å². The van der Waals surface area contributed by atoms with Crippen LogP contribution in [0.15, 0.2) is 0 Å². The minimum absolute atomic E-state index is 0.00733. The Hall–Kier alpha value is -0.510. The van der Waals surface area contributed by atoms with E-state index in [1.54, 1.807) is 0 Å². The van der Waals surface area contributed by atoms with E-state index in [1.807, 2.05) is 0 Å². The molecule has 20 heavy (non-hydrogen) atoms. The van der Waals surface area contributed by atoms with E-state index in [-0.39, 0.29) is 11.8 Å². The lowest BCUT2D eigenvalue weighted by atomic mass is 10.1. The maximum Gasteiger partial charge on any atom is 0.239 e. The Morgan fingerprint density at radius 2 is 1.25 bits per heavy atom. The summed E-state index contributed by atoms with van der Waals surface area (Å²) in [4.78, 5) is 22.8. The van der Waals surface area contributed by atoms with Crippen LogP contribution in [0.25, 0.3) is 0 Å². The van der Waals surface area contributed by atoms with Gasteiger partial charge in [0.05, 0.1) is 0 Å². The molecule has 2 amide bonds. The Morgan fingerprint density at radius 3 is 1.75 bits per heavy atom. The molecule has 1 heterocycles. The van der Waals surface area contributed by atoms with Crippen molar-refractivity contribution in [3.05, 3.63) is 0 Å². The molecule has 1 saturated heterocycles. The van der Waals surface area contributed by atoms with E-state index in [9.17, 15) is 9.59 Å². The van der Waals surface area contributed by atoms with Gasteiger partial charge in [-0.3, -0.25) is 9.59 Å². The molecule has 0 unspecified atom stereocenters. The average molecular weight is 299 g/mol. The fraction of sp³-hybridized carbons (Fsp3) is 0.875. The van der Waals surface area contributed by atoms with E-state index in [4.69, 9.17) is 0 Å². The first-order valence-electron chi connectivity index (χ1n) is 8.24. The highest BCUT2D eigenvalue weighted by Crippen LogP contribution is 2.22. The molecular formula is C16H29NO2S. The van der Waals surface area contributed by atoms with Gasteiger partial charge < -0.3 is 0 Å². The zero-order chi connectivity index (χ0) is 14.6. The highest BCUT2D eigenvalue weighted by Gasteiger charge is 2.29. The fourth-order valence-corrected chi connectivity index (χ4v) is 3.43. The smallest absolute Gasteiger partial charge is 0.239 e. The Kier molecular flexibility index (Phi) is 9.81. The van der Waals surface area contributed by atoms with Gasteiger partial charge in [0.1, 0.15) is 0 Å². The standard InChI is InChI=1S/C16H29NO2S/c1-2-3-4-5-6-7-8-9-10-11-14-20-17-15(18)12-13-16(17)19/h2-14H2,1H3. The van der Waals surface area contributed by atoms with Crippen LogP contribution < -0.4 is 0 Å². The van der Waals surface area contributed by atoms with Crippen molar-refractivity contribution in [2.24, 2.45) is 0 Å². The topological polar surface area (TPSA) is 37.4 Å². The van der Waals surface area contributed by atoms with E-state index in [1.165, 1.54) is 74.0 Å². The van der Waals surface area contributed by atoms with Gasteiger partial charge in [-0.05, 0) is 18.4 Å². The molecule has 0 aliphatic carbocycles. The summed E-state index contributed by atoms with van der Waals surface area (Å²) in [5.41, 5.74) is 0. The SMILES string of the molecule is CCCCCCCCCCCCSN1C(=O)CCC1=O. The molecule has 0 bridgehead atoms. The lowest BCUT2D eigenvalue weighted by molar-refractivity contribution is -0.131. The number of unbranched alkanes of at least 4 members (excludes halogenated alkanes) is 9. The molecule has 0 saturated carbocycles. The molecular weight excluding hydrogens is 270 g/mol. The zero-order valence-corrected chi connectivity index (χ0v) is 13.7. The van der Waals surface area contributed by atoms with Gasteiger partial charge >= 0.3 is 0 Å². The first-order chi connectivity index (χ1) is 9.75. The molecule has 1 aliphatic rings. The van der Waals surface area contributed by atoms with Gasteiger partial charge in [0.2, 0.25) is 11.8 Å². The number of imide groups is 1. The number of carbonyl (C=O) groups is 2. The first kappa shape index (κ1) is 17.5. The number of hydrogen-bond acceptors (Lipinski definition) is 3. The monoisotopic (exact) mass is 299 g/mol. The third-order valence-corrected chi connectivity index (χ3v) is 4.86. The molecule has 0 radical (unpaired) electrons. The Balaban J connectivity index is 1.83. The van der Waals surface area contributed by atoms with Gasteiger partial charge in [0.25, 0.3) is 0 Å². The number of carbonyl (C=O) groups excluding carboxylic acids is 2. The van der Waals surface area contributed by atoms with Crippen LogP contribution in [-0.4, -0.2) is 21.9 Å². The lowest BCUT2D eigenvalue weighted by Gasteiger charge is -2.11. The van der Waals surface area contributed by atoms with E-state index in [2.05, 4.69) is 6.92 Å². The highest BCUT2D eigenvalue weighted by atomic mass is 32.2. The van der Waals surface area contributed by atoms with Crippen molar-refractivity contribution in [1.82, 2.24) is 4.31 Å².